The molecule has 0 aliphatic heterocycles. The van der Waals surface area contributed by atoms with Crippen molar-refractivity contribution in [3.8, 4) is 5.75 Å². The molecule has 1 aromatic carbocycles. The number of hydrogen-bond donors (Lipinski definition) is 1. The minimum Gasteiger partial charge on any atom is -0.494 e. The van der Waals surface area contributed by atoms with Crippen molar-refractivity contribution >= 4 is 12.0 Å². The summed E-state index contributed by atoms with van der Waals surface area (Å²) < 4.78 is 5.35. The summed E-state index contributed by atoms with van der Waals surface area (Å²) in [5, 5.41) is 2.83. The number of hydrogen-bond acceptors (Lipinski definition) is 2. The Labute approximate surface area is 109 Å². The number of rotatable bonds is 6. The Balaban J connectivity index is 2.48. The summed E-state index contributed by atoms with van der Waals surface area (Å²) in [5.41, 5.74) is 0.984. The van der Waals surface area contributed by atoms with Crippen molar-refractivity contribution in [2.24, 2.45) is 5.92 Å². The predicted octanol–water partition coefficient (Wildman–Crippen LogP) is 2.87. The van der Waals surface area contributed by atoms with E-state index in [0.717, 1.165) is 11.3 Å². The van der Waals surface area contributed by atoms with Gasteiger partial charge in [0.15, 0.2) is 0 Å². The smallest absolute Gasteiger partial charge is 0.244 e. The van der Waals surface area contributed by atoms with Gasteiger partial charge in [-0.15, -0.1) is 0 Å². The van der Waals surface area contributed by atoms with Crippen LogP contribution in [0, 0.1) is 5.92 Å². The average Bonchev–Trinajstić information content (AvgIpc) is 2.36. The molecule has 0 aliphatic carbocycles. The predicted molar refractivity (Wildman–Crippen MR) is 74.5 cm³/mol. The van der Waals surface area contributed by atoms with Crippen LogP contribution in [0.1, 0.15) is 26.3 Å². The number of carbonyl (C=O) groups is 1. The summed E-state index contributed by atoms with van der Waals surface area (Å²) in [6.07, 6.45) is 3.35. The van der Waals surface area contributed by atoms with Crippen LogP contribution in [0.25, 0.3) is 6.08 Å². The summed E-state index contributed by atoms with van der Waals surface area (Å²) in [6, 6.07) is 7.65. The minimum absolute atomic E-state index is 0.0578. The number of nitrogens with one attached hydrogen (secondary N) is 1. The molecule has 0 aliphatic rings. The molecular weight excluding hydrogens is 226 g/mol. The molecule has 1 aromatic rings. The van der Waals surface area contributed by atoms with Crippen molar-refractivity contribution in [2.45, 2.75) is 20.8 Å². The molecule has 0 unspecified atom stereocenters. The van der Waals surface area contributed by atoms with E-state index < -0.39 is 0 Å². The lowest BCUT2D eigenvalue weighted by molar-refractivity contribution is -0.116. The van der Waals surface area contributed by atoms with Gasteiger partial charge < -0.3 is 10.1 Å². The maximum absolute atomic E-state index is 11.5. The fourth-order valence-electron chi connectivity index (χ4n) is 1.38. The van der Waals surface area contributed by atoms with Gasteiger partial charge in [-0.1, -0.05) is 26.0 Å². The average molecular weight is 247 g/mol. The second-order valence-electron chi connectivity index (χ2n) is 4.47. The van der Waals surface area contributed by atoms with E-state index in [1.54, 1.807) is 12.2 Å². The first-order valence-electron chi connectivity index (χ1n) is 6.30. The summed E-state index contributed by atoms with van der Waals surface area (Å²) in [5.74, 6) is 1.25. The van der Waals surface area contributed by atoms with Gasteiger partial charge in [-0.3, -0.25) is 4.79 Å². The zero-order valence-corrected chi connectivity index (χ0v) is 11.3. The molecule has 3 nitrogen and oxygen atoms in total. The van der Waals surface area contributed by atoms with E-state index in [-0.39, 0.29) is 5.91 Å². The lowest BCUT2D eigenvalue weighted by Crippen LogP contribution is -2.25. The molecule has 0 saturated carbocycles. The minimum atomic E-state index is -0.0578. The van der Waals surface area contributed by atoms with Crippen LogP contribution in [0.2, 0.25) is 0 Å². The SMILES string of the molecule is CCOc1ccc(C=CC(=O)NCC(C)C)cc1. The van der Waals surface area contributed by atoms with Crippen LogP contribution >= 0.6 is 0 Å². The van der Waals surface area contributed by atoms with Crippen molar-refractivity contribution in [3.05, 3.63) is 35.9 Å². The fourth-order valence-corrected chi connectivity index (χ4v) is 1.38. The van der Waals surface area contributed by atoms with Gasteiger partial charge in [0.05, 0.1) is 6.61 Å². The maximum Gasteiger partial charge on any atom is 0.244 e. The van der Waals surface area contributed by atoms with Crippen molar-refractivity contribution in [2.75, 3.05) is 13.2 Å². The van der Waals surface area contributed by atoms with Crippen LogP contribution in [-0.2, 0) is 4.79 Å². The first-order chi connectivity index (χ1) is 8.61. The lowest BCUT2D eigenvalue weighted by Gasteiger charge is -2.04. The maximum atomic E-state index is 11.5. The second kappa shape index (κ2) is 7.54. The highest BCUT2D eigenvalue weighted by molar-refractivity contribution is 5.91. The van der Waals surface area contributed by atoms with E-state index in [1.807, 2.05) is 31.2 Å². The normalized spacial score (nSPS) is 10.9. The van der Waals surface area contributed by atoms with Crippen molar-refractivity contribution in [1.82, 2.24) is 5.32 Å². The third kappa shape index (κ3) is 5.53. The zero-order chi connectivity index (χ0) is 13.4. The van der Waals surface area contributed by atoms with Crippen LogP contribution < -0.4 is 10.1 Å². The third-order valence-corrected chi connectivity index (χ3v) is 2.30. The van der Waals surface area contributed by atoms with Gasteiger partial charge in [-0.25, -0.2) is 0 Å². The molecule has 18 heavy (non-hydrogen) atoms. The molecule has 1 amide bonds. The Morgan fingerprint density at radius 3 is 2.56 bits per heavy atom. The number of carbonyl (C=O) groups excluding carboxylic acids is 1. The molecule has 3 heteroatoms. The third-order valence-electron chi connectivity index (χ3n) is 2.30. The quantitative estimate of drug-likeness (QED) is 0.785. The number of benzene rings is 1. The van der Waals surface area contributed by atoms with Gasteiger partial charge in [0.2, 0.25) is 5.91 Å². The van der Waals surface area contributed by atoms with E-state index in [0.29, 0.717) is 19.1 Å². The van der Waals surface area contributed by atoms with Gasteiger partial charge in [0, 0.05) is 12.6 Å². The fraction of sp³-hybridized carbons (Fsp3) is 0.400. The largest absolute Gasteiger partial charge is 0.494 e. The van der Waals surface area contributed by atoms with Gasteiger partial charge in [-0.05, 0) is 36.6 Å². The lowest BCUT2D eigenvalue weighted by atomic mass is 10.2. The molecule has 1 rings (SSSR count). The zero-order valence-electron chi connectivity index (χ0n) is 11.3. The molecule has 0 heterocycles. The van der Waals surface area contributed by atoms with Gasteiger partial charge >= 0.3 is 0 Å². The van der Waals surface area contributed by atoms with E-state index >= 15 is 0 Å². The van der Waals surface area contributed by atoms with E-state index in [1.165, 1.54) is 0 Å². The van der Waals surface area contributed by atoms with E-state index in [4.69, 9.17) is 4.74 Å². The first-order valence-corrected chi connectivity index (χ1v) is 6.30. The first kappa shape index (κ1) is 14.3. The van der Waals surface area contributed by atoms with E-state index in [9.17, 15) is 4.79 Å². The van der Waals surface area contributed by atoms with Crippen LogP contribution in [0.3, 0.4) is 0 Å². The van der Waals surface area contributed by atoms with E-state index in [2.05, 4.69) is 19.2 Å². The van der Waals surface area contributed by atoms with Crippen molar-refractivity contribution in [3.63, 3.8) is 0 Å². The summed E-state index contributed by atoms with van der Waals surface area (Å²) >= 11 is 0. The number of amides is 1. The summed E-state index contributed by atoms with van der Waals surface area (Å²) in [7, 11) is 0. The molecular formula is C15H21NO2. The van der Waals surface area contributed by atoms with Crippen LogP contribution in [0.4, 0.5) is 0 Å². The molecule has 0 fully saturated rings. The standard InChI is InChI=1S/C15H21NO2/c1-4-18-14-8-5-13(6-9-14)7-10-15(17)16-11-12(2)3/h5-10,12H,4,11H2,1-3H3,(H,16,17). The number of ether oxygens (including phenoxy) is 1. The van der Waals surface area contributed by atoms with Crippen LogP contribution in [-0.4, -0.2) is 19.1 Å². The van der Waals surface area contributed by atoms with Crippen LogP contribution in [0.5, 0.6) is 5.75 Å². The highest BCUT2D eigenvalue weighted by atomic mass is 16.5. The highest BCUT2D eigenvalue weighted by Gasteiger charge is 1.97. The van der Waals surface area contributed by atoms with Crippen molar-refractivity contribution in [1.29, 1.82) is 0 Å². The monoisotopic (exact) mass is 247 g/mol. The molecule has 1 N–H and O–H groups in total. The molecule has 0 radical (unpaired) electrons. The molecule has 0 atom stereocenters. The Morgan fingerprint density at radius 2 is 2.00 bits per heavy atom. The summed E-state index contributed by atoms with van der Waals surface area (Å²) in [4.78, 5) is 11.5. The Hall–Kier alpha value is -1.77. The molecule has 0 saturated heterocycles. The summed E-state index contributed by atoms with van der Waals surface area (Å²) in [6.45, 7) is 7.44. The topological polar surface area (TPSA) is 38.3 Å². The Kier molecular flexibility index (Phi) is 5.98. The van der Waals surface area contributed by atoms with Crippen molar-refractivity contribution < 1.29 is 9.53 Å². The highest BCUT2D eigenvalue weighted by Crippen LogP contribution is 2.12. The Bertz CT molecular complexity index is 393. The van der Waals surface area contributed by atoms with Gasteiger partial charge in [0.25, 0.3) is 0 Å². The van der Waals surface area contributed by atoms with Gasteiger partial charge in [0.1, 0.15) is 5.75 Å². The van der Waals surface area contributed by atoms with Crippen LogP contribution in [0.15, 0.2) is 30.3 Å². The second-order valence-corrected chi connectivity index (χ2v) is 4.47. The van der Waals surface area contributed by atoms with Gasteiger partial charge in [-0.2, -0.15) is 0 Å². The molecule has 0 spiro atoms. The molecule has 98 valence electrons. The Morgan fingerprint density at radius 1 is 1.33 bits per heavy atom. The molecule has 0 aromatic heterocycles. The molecule has 0 bridgehead atoms.